The van der Waals surface area contributed by atoms with E-state index in [9.17, 15) is 5.26 Å². The predicted molar refractivity (Wildman–Crippen MR) is 87.7 cm³/mol. The van der Waals surface area contributed by atoms with E-state index in [-0.39, 0.29) is 6.04 Å². The fourth-order valence-corrected chi connectivity index (χ4v) is 2.06. The van der Waals surface area contributed by atoms with Crippen LogP contribution >= 0.6 is 0 Å². The summed E-state index contributed by atoms with van der Waals surface area (Å²) in [5.74, 6) is 1.50. The zero-order valence-corrected chi connectivity index (χ0v) is 14.3. The molecule has 3 heteroatoms. The Kier molecular flexibility index (Phi) is 11.8. The molecule has 0 heterocycles. The molecule has 0 saturated heterocycles. The third-order valence-electron chi connectivity index (χ3n) is 3.58. The largest absolute Gasteiger partial charge is 0.303 e. The van der Waals surface area contributed by atoms with Crippen molar-refractivity contribution >= 4 is 0 Å². The summed E-state index contributed by atoms with van der Waals surface area (Å²) >= 11 is 0. The third kappa shape index (κ3) is 11.3. The fraction of sp³-hybridized carbons (Fsp3) is 0.941. The van der Waals surface area contributed by atoms with Crippen LogP contribution in [0.4, 0.5) is 0 Å². The predicted octanol–water partition coefficient (Wildman–Crippen LogP) is 3.66. The van der Waals surface area contributed by atoms with Crippen LogP contribution in [0, 0.1) is 23.2 Å². The smallest absolute Gasteiger partial charge is 0.0965 e. The maximum absolute atomic E-state index is 9.17. The highest BCUT2D eigenvalue weighted by molar-refractivity contribution is 4.90. The van der Waals surface area contributed by atoms with E-state index in [1.807, 2.05) is 0 Å². The van der Waals surface area contributed by atoms with Crippen LogP contribution in [0.15, 0.2) is 0 Å². The monoisotopic (exact) mass is 281 g/mol. The summed E-state index contributed by atoms with van der Waals surface area (Å²) < 4.78 is 0. The Balaban J connectivity index is 4.14. The van der Waals surface area contributed by atoms with Crippen molar-refractivity contribution in [3.8, 4) is 6.07 Å². The van der Waals surface area contributed by atoms with Gasteiger partial charge in [-0.1, -0.05) is 34.6 Å². The Morgan fingerprint density at radius 3 is 1.85 bits per heavy atom. The zero-order valence-electron chi connectivity index (χ0n) is 14.3. The average molecular weight is 281 g/mol. The van der Waals surface area contributed by atoms with Gasteiger partial charge >= 0.3 is 0 Å². The van der Waals surface area contributed by atoms with E-state index >= 15 is 0 Å². The first-order chi connectivity index (χ1) is 9.49. The lowest BCUT2D eigenvalue weighted by atomic mass is 10.1. The maximum Gasteiger partial charge on any atom is 0.0965 e. The van der Waals surface area contributed by atoms with Gasteiger partial charge in [-0.25, -0.2) is 0 Å². The standard InChI is InChI=1S/C17H35N3/c1-6-10-19-17(14-18)9-13-20(11-7-15(2)3)12-8-16(4)5/h15-17,19H,6-13H2,1-5H3. The molecule has 118 valence electrons. The van der Waals surface area contributed by atoms with Crippen molar-refractivity contribution in [3.63, 3.8) is 0 Å². The molecule has 0 aromatic rings. The minimum atomic E-state index is 0.00977. The van der Waals surface area contributed by atoms with Crippen LogP contribution in [0.3, 0.4) is 0 Å². The van der Waals surface area contributed by atoms with Gasteiger partial charge in [-0.05, 0) is 57.2 Å². The highest BCUT2D eigenvalue weighted by Crippen LogP contribution is 2.08. The van der Waals surface area contributed by atoms with Crippen LogP contribution in [0.25, 0.3) is 0 Å². The second-order valence-corrected chi connectivity index (χ2v) is 6.63. The Hall–Kier alpha value is -0.590. The number of hydrogen-bond acceptors (Lipinski definition) is 3. The van der Waals surface area contributed by atoms with E-state index in [1.165, 1.54) is 12.8 Å². The second kappa shape index (κ2) is 12.2. The van der Waals surface area contributed by atoms with Gasteiger partial charge in [-0.15, -0.1) is 0 Å². The average Bonchev–Trinajstić information content (AvgIpc) is 2.40. The van der Waals surface area contributed by atoms with Crippen LogP contribution in [0.1, 0.15) is 60.3 Å². The lowest BCUT2D eigenvalue weighted by molar-refractivity contribution is 0.235. The van der Waals surface area contributed by atoms with Crippen molar-refractivity contribution in [2.24, 2.45) is 11.8 Å². The van der Waals surface area contributed by atoms with Crippen molar-refractivity contribution in [1.82, 2.24) is 10.2 Å². The SMILES string of the molecule is CCCNC(C#N)CCN(CCC(C)C)CCC(C)C. The van der Waals surface area contributed by atoms with E-state index in [0.29, 0.717) is 0 Å². The third-order valence-corrected chi connectivity index (χ3v) is 3.58. The molecule has 0 spiro atoms. The normalized spacial score (nSPS) is 13.2. The van der Waals surface area contributed by atoms with Crippen LogP contribution in [-0.4, -0.2) is 37.1 Å². The second-order valence-electron chi connectivity index (χ2n) is 6.63. The van der Waals surface area contributed by atoms with Gasteiger partial charge in [-0.3, -0.25) is 0 Å². The van der Waals surface area contributed by atoms with Crippen LogP contribution in [0.5, 0.6) is 0 Å². The molecule has 0 fully saturated rings. The molecule has 0 radical (unpaired) electrons. The molecule has 0 saturated carbocycles. The first kappa shape index (κ1) is 19.4. The van der Waals surface area contributed by atoms with Gasteiger partial charge in [0.05, 0.1) is 12.1 Å². The molecule has 0 aliphatic carbocycles. The van der Waals surface area contributed by atoms with Gasteiger partial charge in [0.2, 0.25) is 0 Å². The number of hydrogen-bond donors (Lipinski definition) is 1. The van der Waals surface area contributed by atoms with Gasteiger partial charge in [-0.2, -0.15) is 5.26 Å². The Morgan fingerprint density at radius 1 is 0.950 bits per heavy atom. The quantitative estimate of drug-likeness (QED) is 0.593. The highest BCUT2D eigenvalue weighted by atomic mass is 15.1. The summed E-state index contributed by atoms with van der Waals surface area (Å²) in [4.78, 5) is 2.54. The molecule has 3 nitrogen and oxygen atoms in total. The van der Waals surface area contributed by atoms with Crippen LogP contribution in [-0.2, 0) is 0 Å². The summed E-state index contributed by atoms with van der Waals surface area (Å²) in [6.07, 6.45) is 4.52. The molecule has 0 amide bonds. The molecule has 20 heavy (non-hydrogen) atoms. The summed E-state index contributed by atoms with van der Waals surface area (Å²) in [6, 6.07) is 2.39. The first-order valence-corrected chi connectivity index (χ1v) is 8.34. The Labute approximate surface area is 126 Å². The van der Waals surface area contributed by atoms with E-state index < -0.39 is 0 Å². The molecule has 1 atom stereocenters. The summed E-state index contributed by atoms with van der Waals surface area (Å²) in [6.45, 7) is 15.6. The summed E-state index contributed by atoms with van der Waals surface area (Å²) in [5.41, 5.74) is 0. The van der Waals surface area contributed by atoms with Crippen molar-refractivity contribution < 1.29 is 0 Å². The van der Waals surface area contributed by atoms with E-state index in [4.69, 9.17) is 0 Å². The molecule has 0 aliphatic heterocycles. The number of nitrogens with zero attached hydrogens (tertiary/aromatic N) is 2. The minimum Gasteiger partial charge on any atom is -0.303 e. The number of rotatable bonds is 12. The van der Waals surface area contributed by atoms with Crippen molar-refractivity contribution in [2.75, 3.05) is 26.2 Å². The molecule has 1 N–H and O–H groups in total. The Morgan fingerprint density at radius 2 is 1.45 bits per heavy atom. The highest BCUT2D eigenvalue weighted by Gasteiger charge is 2.11. The van der Waals surface area contributed by atoms with Crippen LogP contribution in [0.2, 0.25) is 0 Å². The zero-order chi connectivity index (χ0) is 15.4. The fourth-order valence-electron chi connectivity index (χ4n) is 2.06. The van der Waals surface area contributed by atoms with Crippen molar-refractivity contribution in [2.45, 2.75) is 66.3 Å². The molecular weight excluding hydrogens is 246 g/mol. The lowest BCUT2D eigenvalue weighted by Crippen LogP contribution is -2.35. The number of nitrogens with one attached hydrogen (secondary N) is 1. The van der Waals surface area contributed by atoms with Gasteiger partial charge < -0.3 is 10.2 Å². The molecule has 0 aliphatic rings. The van der Waals surface area contributed by atoms with Crippen LogP contribution < -0.4 is 5.32 Å². The molecule has 0 rings (SSSR count). The molecule has 0 aromatic carbocycles. The summed E-state index contributed by atoms with van der Waals surface area (Å²) in [5, 5.41) is 12.5. The van der Waals surface area contributed by atoms with Gasteiger partial charge in [0.25, 0.3) is 0 Å². The van der Waals surface area contributed by atoms with E-state index in [2.05, 4.69) is 50.9 Å². The van der Waals surface area contributed by atoms with Gasteiger partial charge in [0, 0.05) is 6.54 Å². The van der Waals surface area contributed by atoms with Gasteiger partial charge in [0.1, 0.15) is 0 Å². The minimum absolute atomic E-state index is 0.00977. The maximum atomic E-state index is 9.17. The number of nitriles is 1. The molecule has 1 unspecified atom stereocenters. The van der Waals surface area contributed by atoms with Crippen molar-refractivity contribution in [3.05, 3.63) is 0 Å². The molecule has 0 aromatic heterocycles. The Bertz CT molecular complexity index is 243. The van der Waals surface area contributed by atoms with Gasteiger partial charge in [0.15, 0.2) is 0 Å². The topological polar surface area (TPSA) is 39.1 Å². The summed E-state index contributed by atoms with van der Waals surface area (Å²) in [7, 11) is 0. The molecule has 0 bridgehead atoms. The first-order valence-electron chi connectivity index (χ1n) is 8.34. The van der Waals surface area contributed by atoms with Crippen molar-refractivity contribution in [1.29, 1.82) is 5.26 Å². The molecular formula is C17H35N3. The van der Waals surface area contributed by atoms with E-state index in [0.717, 1.165) is 50.9 Å². The lowest BCUT2D eigenvalue weighted by Gasteiger charge is -2.25. The van der Waals surface area contributed by atoms with E-state index in [1.54, 1.807) is 0 Å².